The molecule has 0 saturated carbocycles. The molecule has 0 fully saturated rings. The van der Waals surface area contributed by atoms with Gasteiger partial charge in [0, 0.05) is 23.0 Å². The number of nitrogens with zero attached hydrogens (tertiary/aromatic N) is 6. The molecule has 0 unspecified atom stereocenters. The van der Waals surface area contributed by atoms with Gasteiger partial charge in [0.1, 0.15) is 17.0 Å². The first-order valence-electron chi connectivity index (χ1n) is 9.53. The second kappa shape index (κ2) is 7.81. The van der Waals surface area contributed by atoms with E-state index in [0.29, 0.717) is 28.5 Å². The molecular weight excluding hydrogens is 419 g/mol. The van der Waals surface area contributed by atoms with Gasteiger partial charge < -0.3 is 4.57 Å². The summed E-state index contributed by atoms with van der Waals surface area (Å²) in [7, 11) is 0. The first-order valence-corrected chi connectivity index (χ1v) is 9.91. The van der Waals surface area contributed by atoms with Crippen LogP contribution >= 0.6 is 11.6 Å². The fourth-order valence-electron chi connectivity index (χ4n) is 3.35. The Bertz CT molecular complexity index is 1420. The highest BCUT2D eigenvalue weighted by Crippen LogP contribution is 2.19. The fraction of sp³-hybridized carbons (Fsp3) is 0.0909. The number of hydrogen-bond acceptors (Lipinski definition) is 4. The van der Waals surface area contributed by atoms with E-state index in [9.17, 15) is 9.18 Å². The Morgan fingerprint density at radius 1 is 0.968 bits per heavy atom. The molecule has 154 valence electrons. The largest absolute Gasteiger partial charge is 0.306 e. The molecule has 0 bridgehead atoms. The van der Waals surface area contributed by atoms with Crippen LogP contribution in [0, 0.1) is 5.82 Å². The van der Waals surface area contributed by atoms with Crippen molar-refractivity contribution in [1.82, 2.24) is 29.2 Å². The van der Waals surface area contributed by atoms with E-state index in [-0.39, 0.29) is 17.9 Å². The summed E-state index contributed by atoms with van der Waals surface area (Å²) < 4.78 is 18.0. The minimum atomic E-state index is -0.320. The molecule has 3 heterocycles. The summed E-state index contributed by atoms with van der Waals surface area (Å²) in [5.74, 6) is -0.320. The van der Waals surface area contributed by atoms with Crippen molar-refractivity contribution < 1.29 is 4.39 Å². The summed E-state index contributed by atoms with van der Waals surface area (Å²) in [4.78, 5) is 12.9. The minimum Gasteiger partial charge on any atom is -0.306 e. The predicted octanol–water partition coefficient (Wildman–Crippen LogP) is 3.64. The first kappa shape index (κ1) is 19.2. The third-order valence-electron chi connectivity index (χ3n) is 4.92. The van der Waals surface area contributed by atoms with Gasteiger partial charge in [-0.1, -0.05) is 28.9 Å². The van der Waals surface area contributed by atoms with Crippen molar-refractivity contribution in [3.8, 4) is 11.3 Å². The van der Waals surface area contributed by atoms with E-state index in [1.807, 2.05) is 30.5 Å². The van der Waals surface area contributed by atoms with Crippen LogP contribution in [0.1, 0.15) is 11.3 Å². The van der Waals surface area contributed by atoms with Crippen LogP contribution in [0.15, 0.2) is 78.0 Å². The third kappa shape index (κ3) is 3.97. The number of aromatic nitrogens is 6. The summed E-state index contributed by atoms with van der Waals surface area (Å²) in [6, 6.07) is 15.2. The van der Waals surface area contributed by atoms with Crippen LogP contribution in [0.4, 0.5) is 4.39 Å². The minimum absolute atomic E-state index is 0.199. The maximum absolute atomic E-state index is 13.2. The van der Waals surface area contributed by atoms with Crippen LogP contribution in [0.2, 0.25) is 5.02 Å². The summed E-state index contributed by atoms with van der Waals surface area (Å²) in [6.45, 7) is 0.842. The lowest BCUT2D eigenvalue weighted by molar-refractivity contribution is 0.628. The average Bonchev–Trinajstić information content (AvgIpc) is 3.40. The number of halogens is 2. The van der Waals surface area contributed by atoms with Crippen LogP contribution < -0.4 is 5.56 Å². The van der Waals surface area contributed by atoms with Gasteiger partial charge in [-0.3, -0.25) is 4.79 Å². The van der Waals surface area contributed by atoms with Crippen molar-refractivity contribution in [1.29, 1.82) is 0 Å². The van der Waals surface area contributed by atoms with E-state index in [0.717, 1.165) is 11.1 Å². The lowest BCUT2D eigenvalue weighted by atomic mass is 10.1. The topological polar surface area (TPSA) is 70.0 Å². The van der Waals surface area contributed by atoms with Gasteiger partial charge in [0.2, 0.25) is 0 Å². The van der Waals surface area contributed by atoms with Gasteiger partial charge in [-0.25, -0.2) is 13.6 Å². The van der Waals surface area contributed by atoms with Gasteiger partial charge in [-0.15, -0.1) is 5.10 Å². The normalized spacial score (nSPS) is 11.3. The Labute approximate surface area is 180 Å². The molecule has 3 aromatic heterocycles. The second-order valence-electron chi connectivity index (χ2n) is 7.13. The highest BCUT2D eigenvalue weighted by molar-refractivity contribution is 6.30. The van der Waals surface area contributed by atoms with Crippen LogP contribution in [0.3, 0.4) is 0 Å². The summed E-state index contributed by atoms with van der Waals surface area (Å²) in [5.41, 5.74) is 3.28. The third-order valence-corrected chi connectivity index (χ3v) is 5.17. The van der Waals surface area contributed by atoms with Gasteiger partial charge in [0.15, 0.2) is 0 Å². The Balaban J connectivity index is 1.39. The Morgan fingerprint density at radius 2 is 1.74 bits per heavy atom. The summed E-state index contributed by atoms with van der Waals surface area (Å²) in [6.07, 6.45) is 5.18. The van der Waals surface area contributed by atoms with Gasteiger partial charge in [-0.05, 0) is 48.0 Å². The van der Waals surface area contributed by atoms with Crippen molar-refractivity contribution in [2.24, 2.45) is 0 Å². The zero-order valence-corrected chi connectivity index (χ0v) is 16.9. The molecular formula is C22H16ClFN6O. The van der Waals surface area contributed by atoms with E-state index in [2.05, 4.69) is 15.4 Å². The monoisotopic (exact) mass is 434 g/mol. The molecule has 0 aliphatic rings. The molecule has 5 aromatic rings. The second-order valence-corrected chi connectivity index (χ2v) is 7.57. The standard InChI is InChI=1S/C22H16ClFN6O/c23-17-5-1-15(2-6-17)12-29-14-19(25-27-29)13-28-9-10-30-21(22(28)31)11-20(26-30)16-3-7-18(24)8-4-16/h1-11,14H,12-13H2. The Hall–Kier alpha value is -3.78. The molecule has 5 rings (SSSR count). The lowest BCUT2D eigenvalue weighted by Crippen LogP contribution is -2.21. The maximum atomic E-state index is 13.2. The molecule has 2 aromatic carbocycles. The highest BCUT2D eigenvalue weighted by Gasteiger charge is 2.11. The summed E-state index contributed by atoms with van der Waals surface area (Å²) >= 11 is 5.92. The van der Waals surface area contributed by atoms with E-state index in [4.69, 9.17) is 11.6 Å². The number of fused-ring (bicyclic) bond motifs is 1. The zero-order valence-electron chi connectivity index (χ0n) is 16.2. The average molecular weight is 435 g/mol. The zero-order chi connectivity index (χ0) is 21.4. The lowest BCUT2D eigenvalue weighted by Gasteiger charge is -2.03. The van der Waals surface area contributed by atoms with Crippen molar-refractivity contribution >= 4 is 17.1 Å². The number of rotatable bonds is 5. The first-order chi connectivity index (χ1) is 15.0. The van der Waals surface area contributed by atoms with E-state index in [1.54, 1.807) is 39.8 Å². The van der Waals surface area contributed by atoms with Crippen LogP contribution in [-0.2, 0) is 13.1 Å². The van der Waals surface area contributed by atoms with Crippen LogP contribution in [0.25, 0.3) is 16.8 Å². The SMILES string of the molecule is O=c1c2cc(-c3ccc(F)cc3)nn2ccn1Cc1cn(Cc2ccc(Cl)cc2)nn1. The Morgan fingerprint density at radius 3 is 2.52 bits per heavy atom. The summed E-state index contributed by atoms with van der Waals surface area (Å²) in [5, 5.41) is 13.4. The van der Waals surface area contributed by atoms with Gasteiger partial charge in [0.25, 0.3) is 5.56 Å². The molecule has 31 heavy (non-hydrogen) atoms. The van der Waals surface area contributed by atoms with Crippen molar-refractivity contribution in [3.63, 3.8) is 0 Å². The van der Waals surface area contributed by atoms with Crippen molar-refractivity contribution in [3.05, 3.63) is 106 Å². The van der Waals surface area contributed by atoms with E-state index in [1.165, 1.54) is 16.6 Å². The van der Waals surface area contributed by atoms with Crippen molar-refractivity contribution in [2.45, 2.75) is 13.1 Å². The van der Waals surface area contributed by atoms with Gasteiger partial charge in [-0.2, -0.15) is 5.10 Å². The Kier molecular flexibility index (Phi) is 4.83. The van der Waals surface area contributed by atoms with Gasteiger partial charge in [0.05, 0.1) is 25.0 Å². The van der Waals surface area contributed by atoms with E-state index >= 15 is 0 Å². The molecule has 0 aliphatic carbocycles. The number of hydrogen-bond donors (Lipinski definition) is 0. The van der Waals surface area contributed by atoms with Crippen LogP contribution in [0.5, 0.6) is 0 Å². The highest BCUT2D eigenvalue weighted by atomic mass is 35.5. The molecule has 0 saturated heterocycles. The predicted molar refractivity (Wildman–Crippen MR) is 115 cm³/mol. The molecule has 9 heteroatoms. The molecule has 0 atom stereocenters. The molecule has 0 radical (unpaired) electrons. The van der Waals surface area contributed by atoms with Crippen molar-refractivity contribution in [2.75, 3.05) is 0 Å². The quantitative estimate of drug-likeness (QED) is 0.423. The molecule has 0 amide bonds. The van der Waals surface area contributed by atoms with Crippen LogP contribution in [-0.4, -0.2) is 29.2 Å². The number of benzene rings is 2. The maximum Gasteiger partial charge on any atom is 0.276 e. The molecule has 0 spiro atoms. The molecule has 7 nitrogen and oxygen atoms in total. The fourth-order valence-corrected chi connectivity index (χ4v) is 3.48. The smallest absolute Gasteiger partial charge is 0.276 e. The van der Waals surface area contributed by atoms with Gasteiger partial charge >= 0.3 is 0 Å². The van der Waals surface area contributed by atoms with E-state index < -0.39 is 0 Å². The molecule has 0 aliphatic heterocycles. The molecule has 0 N–H and O–H groups in total.